The van der Waals surface area contributed by atoms with Crippen molar-refractivity contribution in [3.63, 3.8) is 0 Å². The third-order valence-electron chi connectivity index (χ3n) is 5.47. The normalized spacial score (nSPS) is 23.6. The Morgan fingerprint density at radius 3 is 2.80 bits per heavy atom. The summed E-state index contributed by atoms with van der Waals surface area (Å²) in [5.41, 5.74) is 1.80. The van der Waals surface area contributed by atoms with Crippen LogP contribution in [0, 0.1) is 5.92 Å². The highest BCUT2D eigenvalue weighted by Crippen LogP contribution is 2.30. The van der Waals surface area contributed by atoms with Crippen LogP contribution in [0.3, 0.4) is 0 Å². The molecular formula is C20H25N3O2. The molecule has 0 spiro atoms. The van der Waals surface area contributed by atoms with Crippen LogP contribution in [0.5, 0.6) is 0 Å². The molecule has 4 heterocycles. The van der Waals surface area contributed by atoms with Crippen molar-refractivity contribution in [2.75, 3.05) is 19.6 Å². The zero-order valence-corrected chi connectivity index (χ0v) is 14.7. The molecule has 3 saturated heterocycles. The zero-order chi connectivity index (χ0) is 17.2. The minimum Gasteiger partial charge on any atom is -0.361 e. The van der Waals surface area contributed by atoms with Crippen LogP contribution in [0.25, 0.3) is 0 Å². The van der Waals surface area contributed by atoms with Crippen molar-refractivity contribution in [2.45, 2.75) is 38.8 Å². The van der Waals surface area contributed by atoms with E-state index in [9.17, 15) is 4.79 Å². The van der Waals surface area contributed by atoms with Crippen molar-refractivity contribution >= 4 is 5.91 Å². The van der Waals surface area contributed by atoms with Gasteiger partial charge in [-0.2, -0.15) is 0 Å². The Kier molecular flexibility index (Phi) is 4.57. The highest BCUT2D eigenvalue weighted by molar-refractivity contribution is 5.92. The summed E-state index contributed by atoms with van der Waals surface area (Å²) < 4.78 is 5.22. The van der Waals surface area contributed by atoms with E-state index < -0.39 is 0 Å². The van der Waals surface area contributed by atoms with E-state index in [1.807, 2.05) is 11.8 Å². The number of fused-ring (bicyclic) bond motifs is 4. The molecule has 0 aliphatic carbocycles. The number of carbonyl (C=O) groups is 1. The first kappa shape index (κ1) is 16.3. The van der Waals surface area contributed by atoms with Crippen LogP contribution in [0.4, 0.5) is 0 Å². The molecular weight excluding hydrogens is 314 g/mol. The number of aromatic nitrogens is 1. The van der Waals surface area contributed by atoms with Gasteiger partial charge in [-0.25, -0.2) is 0 Å². The van der Waals surface area contributed by atoms with Crippen molar-refractivity contribution in [3.05, 3.63) is 53.4 Å². The van der Waals surface area contributed by atoms with Gasteiger partial charge in [-0.15, -0.1) is 0 Å². The molecule has 0 saturated carbocycles. The van der Waals surface area contributed by atoms with Crippen molar-refractivity contribution in [3.8, 4) is 0 Å². The van der Waals surface area contributed by atoms with E-state index in [1.54, 1.807) is 6.07 Å². The van der Waals surface area contributed by atoms with Gasteiger partial charge in [-0.1, -0.05) is 42.4 Å². The number of hydrogen-bond acceptors (Lipinski definition) is 4. The number of benzene rings is 1. The first-order valence-electron chi connectivity index (χ1n) is 9.25. The molecule has 3 aliphatic rings. The fourth-order valence-electron chi connectivity index (χ4n) is 4.10. The van der Waals surface area contributed by atoms with E-state index in [4.69, 9.17) is 4.52 Å². The summed E-state index contributed by atoms with van der Waals surface area (Å²) in [7, 11) is 0. The highest BCUT2D eigenvalue weighted by Gasteiger charge is 2.37. The van der Waals surface area contributed by atoms with E-state index in [-0.39, 0.29) is 5.91 Å². The molecule has 1 aromatic heterocycles. The number of amides is 1. The average molecular weight is 339 g/mol. The van der Waals surface area contributed by atoms with Crippen LogP contribution >= 0.6 is 0 Å². The SMILES string of the molecule is CCc1cc(C(=O)N2C[C@H]3CC[C@@H](C2)N(Cc2ccccc2)C3)no1. The van der Waals surface area contributed by atoms with Gasteiger partial charge in [0.15, 0.2) is 5.69 Å². The van der Waals surface area contributed by atoms with Gasteiger partial charge < -0.3 is 9.42 Å². The molecule has 0 radical (unpaired) electrons. The Labute approximate surface area is 148 Å². The summed E-state index contributed by atoms with van der Waals surface area (Å²) >= 11 is 0. The van der Waals surface area contributed by atoms with Crippen LogP contribution in [0.1, 0.15) is 41.6 Å². The lowest BCUT2D eigenvalue weighted by Crippen LogP contribution is -2.43. The van der Waals surface area contributed by atoms with Gasteiger partial charge in [-0.05, 0) is 24.3 Å². The number of carbonyl (C=O) groups excluding carboxylic acids is 1. The molecule has 25 heavy (non-hydrogen) atoms. The van der Waals surface area contributed by atoms with Crippen LogP contribution in [0.15, 0.2) is 40.9 Å². The number of hydrogen-bond donors (Lipinski definition) is 0. The molecule has 0 unspecified atom stereocenters. The van der Waals surface area contributed by atoms with Crippen molar-refractivity contribution in [1.29, 1.82) is 0 Å². The summed E-state index contributed by atoms with van der Waals surface area (Å²) in [6.45, 7) is 5.66. The van der Waals surface area contributed by atoms with Crippen LogP contribution in [-0.2, 0) is 13.0 Å². The molecule has 3 fully saturated rings. The minimum atomic E-state index is 0.0157. The number of piperidine rings is 1. The van der Waals surface area contributed by atoms with Crippen LogP contribution < -0.4 is 0 Å². The quantitative estimate of drug-likeness (QED) is 0.859. The van der Waals surface area contributed by atoms with E-state index in [0.29, 0.717) is 17.7 Å². The standard InChI is InChI=1S/C20H25N3O2/c1-2-18-10-19(21-25-18)20(24)23-13-16-8-9-17(14-23)22(12-16)11-15-6-4-3-5-7-15/h3-7,10,16-17H,2,8-9,11-14H2,1H3/t16-,17-/m0/s1. The molecule has 0 N–H and O–H groups in total. The van der Waals surface area contributed by atoms with Gasteiger partial charge in [0.1, 0.15) is 5.76 Å². The Morgan fingerprint density at radius 2 is 2.04 bits per heavy atom. The highest BCUT2D eigenvalue weighted by atomic mass is 16.5. The van der Waals surface area contributed by atoms with Gasteiger partial charge >= 0.3 is 0 Å². The molecule has 3 aliphatic heterocycles. The fourth-order valence-corrected chi connectivity index (χ4v) is 4.10. The molecule has 132 valence electrons. The Morgan fingerprint density at radius 1 is 1.20 bits per heavy atom. The third-order valence-corrected chi connectivity index (χ3v) is 5.47. The van der Waals surface area contributed by atoms with E-state index in [0.717, 1.165) is 38.4 Å². The largest absolute Gasteiger partial charge is 0.361 e. The first-order valence-corrected chi connectivity index (χ1v) is 9.25. The molecule has 5 heteroatoms. The second-order valence-electron chi connectivity index (χ2n) is 7.25. The number of rotatable bonds is 4. The third kappa shape index (κ3) is 3.47. The summed E-state index contributed by atoms with van der Waals surface area (Å²) in [4.78, 5) is 17.4. The maximum Gasteiger partial charge on any atom is 0.276 e. The monoisotopic (exact) mass is 339 g/mol. The van der Waals surface area contributed by atoms with Crippen LogP contribution in [0.2, 0.25) is 0 Å². The Hall–Kier alpha value is -2.14. The fraction of sp³-hybridized carbons (Fsp3) is 0.500. The maximum absolute atomic E-state index is 12.9. The lowest BCUT2D eigenvalue weighted by Gasteiger charge is -2.36. The van der Waals surface area contributed by atoms with E-state index >= 15 is 0 Å². The molecule has 5 nitrogen and oxygen atoms in total. The Bertz CT molecular complexity index is 728. The topological polar surface area (TPSA) is 49.6 Å². The van der Waals surface area contributed by atoms with E-state index in [2.05, 4.69) is 40.4 Å². The van der Waals surface area contributed by atoms with Gasteiger partial charge in [0, 0.05) is 44.7 Å². The van der Waals surface area contributed by atoms with Crippen molar-refractivity contribution in [1.82, 2.24) is 15.0 Å². The second kappa shape index (κ2) is 7.00. The van der Waals surface area contributed by atoms with Gasteiger partial charge in [-0.3, -0.25) is 9.69 Å². The smallest absolute Gasteiger partial charge is 0.276 e. The minimum absolute atomic E-state index is 0.0157. The van der Waals surface area contributed by atoms with Crippen LogP contribution in [-0.4, -0.2) is 46.5 Å². The average Bonchev–Trinajstić information content (AvgIpc) is 2.95. The maximum atomic E-state index is 12.9. The lowest BCUT2D eigenvalue weighted by atomic mass is 9.94. The molecule has 2 atom stereocenters. The lowest BCUT2D eigenvalue weighted by molar-refractivity contribution is 0.0725. The van der Waals surface area contributed by atoms with Gasteiger partial charge in [0.05, 0.1) is 0 Å². The number of nitrogens with zero attached hydrogens (tertiary/aromatic N) is 3. The zero-order valence-electron chi connectivity index (χ0n) is 14.7. The summed E-state index contributed by atoms with van der Waals surface area (Å²) in [6, 6.07) is 12.8. The Balaban J connectivity index is 1.48. The predicted octanol–water partition coefficient (Wildman–Crippen LogP) is 2.97. The molecule has 2 aromatic rings. The van der Waals surface area contributed by atoms with Crippen molar-refractivity contribution in [2.24, 2.45) is 5.92 Å². The predicted molar refractivity (Wildman–Crippen MR) is 95.1 cm³/mol. The molecule has 1 amide bonds. The summed E-state index contributed by atoms with van der Waals surface area (Å²) in [6.07, 6.45) is 3.13. The number of aryl methyl sites for hydroxylation is 1. The van der Waals surface area contributed by atoms with Gasteiger partial charge in [0.2, 0.25) is 0 Å². The molecule has 5 rings (SSSR count). The van der Waals surface area contributed by atoms with E-state index in [1.165, 1.54) is 18.4 Å². The van der Waals surface area contributed by atoms with Crippen molar-refractivity contribution < 1.29 is 9.32 Å². The van der Waals surface area contributed by atoms with Gasteiger partial charge in [0.25, 0.3) is 5.91 Å². The second-order valence-corrected chi connectivity index (χ2v) is 7.25. The molecule has 1 aromatic carbocycles. The summed E-state index contributed by atoms with van der Waals surface area (Å²) in [5, 5.41) is 3.97. The molecule has 2 bridgehead atoms. The summed E-state index contributed by atoms with van der Waals surface area (Å²) in [5.74, 6) is 1.33. The first-order chi connectivity index (χ1) is 12.2.